The summed E-state index contributed by atoms with van der Waals surface area (Å²) >= 11 is 0. The van der Waals surface area contributed by atoms with E-state index in [2.05, 4.69) is 4.98 Å². The summed E-state index contributed by atoms with van der Waals surface area (Å²) in [4.78, 5) is 3.83. The smallest absolute Gasteiger partial charge is 0.208 e. The Kier molecular flexibility index (Phi) is 2.47. The molecule has 1 aromatic heterocycles. The van der Waals surface area contributed by atoms with Gasteiger partial charge >= 0.3 is 0 Å². The van der Waals surface area contributed by atoms with Crippen molar-refractivity contribution in [3.05, 3.63) is 41.9 Å². The molecule has 1 aromatic carbocycles. The molecule has 5 heteroatoms. The molecule has 0 aliphatic carbocycles. The molecule has 78 valence electrons. The summed E-state index contributed by atoms with van der Waals surface area (Å²) in [5.74, 6) is -0.685. The third kappa shape index (κ3) is 2.02. The highest BCUT2D eigenvalue weighted by atomic mass is 19.1. The van der Waals surface area contributed by atoms with Gasteiger partial charge in [-0.05, 0) is 12.1 Å². The predicted octanol–water partition coefficient (Wildman–Crippen LogP) is 2.08. The third-order valence-electron chi connectivity index (χ3n) is 1.88. The van der Waals surface area contributed by atoms with E-state index in [1.54, 1.807) is 0 Å². The van der Waals surface area contributed by atoms with Crippen molar-refractivity contribution in [2.75, 3.05) is 0 Å². The van der Waals surface area contributed by atoms with Gasteiger partial charge in [0.15, 0.2) is 5.76 Å². The summed E-state index contributed by atoms with van der Waals surface area (Å²) in [5, 5.41) is 0. The van der Waals surface area contributed by atoms with Crippen molar-refractivity contribution >= 4 is 0 Å². The Balaban J connectivity index is 2.44. The zero-order valence-electron chi connectivity index (χ0n) is 7.71. The number of aromatic nitrogens is 1. The van der Waals surface area contributed by atoms with Gasteiger partial charge in [0, 0.05) is 11.6 Å². The van der Waals surface area contributed by atoms with Crippen molar-refractivity contribution in [1.29, 1.82) is 0 Å². The minimum absolute atomic E-state index is 0.151. The van der Waals surface area contributed by atoms with Crippen LogP contribution in [0.3, 0.4) is 0 Å². The lowest BCUT2D eigenvalue weighted by atomic mass is 10.2. The van der Waals surface area contributed by atoms with Crippen molar-refractivity contribution in [2.45, 2.75) is 6.54 Å². The summed E-state index contributed by atoms with van der Waals surface area (Å²) in [7, 11) is 0. The zero-order chi connectivity index (χ0) is 10.8. The van der Waals surface area contributed by atoms with E-state index in [1.807, 2.05) is 0 Å². The normalized spacial score (nSPS) is 10.6. The van der Waals surface area contributed by atoms with Gasteiger partial charge in [-0.1, -0.05) is 0 Å². The SMILES string of the molecule is NCc1ncc(-c2cc(F)cc(F)c2)o1. The molecule has 0 atom stereocenters. The number of hydrogen-bond donors (Lipinski definition) is 1. The second kappa shape index (κ2) is 3.78. The maximum atomic E-state index is 12.9. The van der Waals surface area contributed by atoms with Gasteiger partial charge in [-0.15, -0.1) is 0 Å². The van der Waals surface area contributed by atoms with Crippen LogP contribution in [-0.4, -0.2) is 4.98 Å². The Morgan fingerprint density at radius 3 is 2.40 bits per heavy atom. The van der Waals surface area contributed by atoms with Crippen LogP contribution in [0.5, 0.6) is 0 Å². The van der Waals surface area contributed by atoms with Gasteiger partial charge in [-0.2, -0.15) is 0 Å². The molecule has 0 aliphatic heterocycles. The number of rotatable bonds is 2. The number of benzene rings is 1. The largest absolute Gasteiger partial charge is 0.439 e. The molecule has 1 heterocycles. The highest BCUT2D eigenvalue weighted by molar-refractivity contribution is 5.56. The van der Waals surface area contributed by atoms with Crippen LogP contribution in [0.4, 0.5) is 8.78 Å². The number of nitrogens with two attached hydrogens (primary N) is 1. The molecular formula is C10H8F2N2O. The molecule has 0 aliphatic rings. The monoisotopic (exact) mass is 210 g/mol. The summed E-state index contributed by atoms with van der Waals surface area (Å²) in [5.41, 5.74) is 5.60. The van der Waals surface area contributed by atoms with E-state index in [1.165, 1.54) is 18.3 Å². The molecule has 0 saturated heterocycles. The second-order valence-electron chi connectivity index (χ2n) is 2.98. The third-order valence-corrected chi connectivity index (χ3v) is 1.88. The molecule has 0 fully saturated rings. The van der Waals surface area contributed by atoms with Crippen molar-refractivity contribution in [3.63, 3.8) is 0 Å². The molecule has 2 aromatic rings. The van der Waals surface area contributed by atoms with Gasteiger partial charge in [0.2, 0.25) is 5.89 Å². The van der Waals surface area contributed by atoms with E-state index in [0.29, 0.717) is 17.2 Å². The van der Waals surface area contributed by atoms with Crippen LogP contribution in [0.1, 0.15) is 5.89 Å². The summed E-state index contributed by atoms with van der Waals surface area (Å²) < 4.78 is 30.9. The van der Waals surface area contributed by atoms with Crippen molar-refractivity contribution < 1.29 is 13.2 Å². The molecule has 0 unspecified atom stereocenters. The fourth-order valence-corrected chi connectivity index (χ4v) is 1.23. The maximum absolute atomic E-state index is 12.9. The first-order chi connectivity index (χ1) is 7.19. The predicted molar refractivity (Wildman–Crippen MR) is 49.7 cm³/mol. The van der Waals surface area contributed by atoms with Crippen LogP contribution in [0.2, 0.25) is 0 Å². The van der Waals surface area contributed by atoms with Crippen molar-refractivity contribution in [2.24, 2.45) is 5.73 Å². The van der Waals surface area contributed by atoms with E-state index in [4.69, 9.17) is 10.2 Å². The van der Waals surface area contributed by atoms with Crippen LogP contribution >= 0.6 is 0 Å². The fourth-order valence-electron chi connectivity index (χ4n) is 1.23. The van der Waals surface area contributed by atoms with E-state index < -0.39 is 11.6 Å². The molecule has 0 saturated carbocycles. The molecule has 2 N–H and O–H groups in total. The topological polar surface area (TPSA) is 52.0 Å². The number of hydrogen-bond acceptors (Lipinski definition) is 3. The van der Waals surface area contributed by atoms with Crippen LogP contribution in [-0.2, 0) is 6.54 Å². The lowest BCUT2D eigenvalue weighted by molar-refractivity contribution is 0.508. The van der Waals surface area contributed by atoms with Gasteiger partial charge in [0.05, 0.1) is 12.7 Å². The minimum atomic E-state index is -0.657. The van der Waals surface area contributed by atoms with Crippen LogP contribution in [0.25, 0.3) is 11.3 Å². The van der Waals surface area contributed by atoms with Gasteiger partial charge in [-0.3, -0.25) is 0 Å². The van der Waals surface area contributed by atoms with Gasteiger partial charge in [0.25, 0.3) is 0 Å². The average Bonchev–Trinajstić information content (AvgIpc) is 2.64. The molecule has 0 bridgehead atoms. The molecule has 3 nitrogen and oxygen atoms in total. The van der Waals surface area contributed by atoms with E-state index in [9.17, 15) is 8.78 Å². The molecule has 15 heavy (non-hydrogen) atoms. The zero-order valence-corrected chi connectivity index (χ0v) is 7.71. The first-order valence-corrected chi connectivity index (χ1v) is 4.30. The molecule has 0 spiro atoms. The Morgan fingerprint density at radius 2 is 1.87 bits per heavy atom. The average molecular weight is 210 g/mol. The van der Waals surface area contributed by atoms with Gasteiger partial charge < -0.3 is 10.2 Å². The summed E-state index contributed by atoms with van der Waals surface area (Å²) in [6, 6.07) is 3.14. The number of halogens is 2. The Hall–Kier alpha value is -1.75. The fraction of sp³-hybridized carbons (Fsp3) is 0.100. The number of nitrogens with zero attached hydrogens (tertiary/aromatic N) is 1. The number of oxazole rings is 1. The van der Waals surface area contributed by atoms with E-state index in [0.717, 1.165) is 6.07 Å². The quantitative estimate of drug-likeness (QED) is 0.825. The van der Waals surface area contributed by atoms with Gasteiger partial charge in [-0.25, -0.2) is 13.8 Å². The molecular weight excluding hydrogens is 202 g/mol. The first kappa shape index (κ1) is 9.79. The Labute approximate surface area is 84.5 Å². The Bertz CT molecular complexity index is 462. The van der Waals surface area contributed by atoms with Crippen LogP contribution in [0, 0.1) is 11.6 Å². The van der Waals surface area contributed by atoms with Gasteiger partial charge in [0.1, 0.15) is 11.6 Å². The lowest BCUT2D eigenvalue weighted by Crippen LogP contribution is -1.94. The summed E-state index contributed by atoms with van der Waals surface area (Å²) in [6.07, 6.45) is 1.39. The van der Waals surface area contributed by atoms with E-state index >= 15 is 0 Å². The van der Waals surface area contributed by atoms with Crippen molar-refractivity contribution in [3.8, 4) is 11.3 Å². The highest BCUT2D eigenvalue weighted by Gasteiger charge is 2.08. The first-order valence-electron chi connectivity index (χ1n) is 4.30. The Morgan fingerprint density at radius 1 is 1.20 bits per heavy atom. The molecule has 0 radical (unpaired) electrons. The molecule has 0 amide bonds. The van der Waals surface area contributed by atoms with Crippen molar-refractivity contribution in [1.82, 2.24) is 4.98 Å². The second-order valence-corrected chi connectivity index (χ2v) is 2.98. The maximum Gasteiger partial charge on any atom is 0.208 e. The highest BCUT2D eigenvalue weighted by Crippen LogP contribution is 2.22. The minimum Gasteiger partial charge on any atom is -0.439 e. The molecule has 2 rings (SSSR count). The lowest BCUT2D eigenvalue weighted by Gasteiger charge is -1.97. The van der Waals surface area contributed by atoms with E-state index in [-0.39, 0.29) is 6.54 Å². The van der Waals surface area contributed by atoms with Crippen LogP contribution < -0.4 is 5.73 Å². The van der Waals surface area contributed by atoms with Crippen LogP contribution in [0.15, 0.2) is 28.8 Å². The summed E-state index contributed by atoms with van der Waals surface area (Å²) in [6.45, 7) is 0.151. The standard InChI is InChI=1S/C10H8F2N2O/c11-7-1-6(2-8(12)3-7)9-5-14-10(4-13)15-9/h1-3,5H,4,13H2.